The summed E-state index contributed by atoms with van der Waals surface area (Å²) in [7, 11) is 2.13. The van der Waals surface area contributed by atoms with Gasteiger partial charge in [-0.2, -0.15) is 0 Å². The van der Waals surface area contributed by atoms with Gasteiger partial charge in [0.25, 0.3) is 0 Å². The fraction of sp³-hybridized carbons (Fsp3) is 0.353. The number of aromatic nitrogens is 1. The lowest BCUT2D eigenvalue weighted by molar-refractivity contribution is 0.165. The van der Waals surface area contributed by atoms with Gasteiger partial charge in [0.15, 0.2) is 0 Å². The Hall–Kier alpha value is -1.68. The average Bonchev–Trinajstić information content (AvgIpc) is 3.25. The summed E-state index contributed by atoms with van der Waals surface area (Å²) in [6, 6.07) is 12.7. The van der Waals surface area contributed by atoms with Gasteiger partial charge in [0.1, 0.15) is 11.3 Å². The Morgan fingerprint density at radius 2 is 2.10 bits per heavy atom. The molecule has 108 valence electrons. The van der Waals surface area contributed by atoms with Gasteiger partial charge in [-0.15, -0.1) is 11.8 Å². The fourth-order valence-corrected chi connectivity index (χ4v) is 3.60. The second-order valence-electron chi connectivity index (χ2n) is 5.91. The van der Waals surface area contributed by atoms with Crippen LogP contribution in [0.25, 0.3) is 0 Å². The number of likely N-dealkylation sites (N-methyl/N-ethyl adjacent to an activating group) is 1. The van der Waals surface area contributed by atoms with Crippen LogP contribution in [0.5, 0.6) is 5.88 Å². The molecule has 0 N–H and O–H groups in total. The van der Waals surface area contributed by atoms with E-state index >= 15 is 0 Å². The van der Waals surface area contributed by atoms with Gasteiger partial charge in [0.05, 0.1) is 6.54 Å². The fourth-order valence-electron chi connectivity index (χ4n) is 2.75. The number of rotatable bonds is 3. The van der Waals surface area contributed by atoms with Crippen molar-refractivity contribution in [3.8, 4) is 5.88 Å². The van der Waals surface area contributed by atoms with Crippen LogP contribution in [0, 0.1) is 0 Å². The number of ether oxygens (including phenoxy) is 1. The van der Waals surface area contributed by atoms with Crippen molar-refractivity contribution in [3.63, 3.8) is 0 Å². The SMILES string of the molecule is CN1CC2(CC2)Oc2ncc(SCc3ccccc3)cc21. The minimum Gasteiger partial charge on any atom is -0.468 e. The highest BCUT2D eigenvalue weighted by Crippen LogP contribution is 2.47. The molecule has 0 saturated heterocycles. The van der Waals surface area contributed by atoms with Gasteiger partial charge in [-0.05, 0) is 24.5 Å². The number of hydrogen-bond donors (Lipinski definition) is 0. The lowest BCUT2D eigenvalue weighted by Crippen LogP contribution is -2.39. The highest BCUT2D eigenvalue weighted by atomic mass is 32.2. The number of nitrogens with zero attached hydrogens (tertiary/aromatic N) is 2. The molecule has 0 unspecified atom stereocenters. The molecule has 2 aliphatic rings. The third kappa shape index (κ3) is 2.60. The monoisotopic (exact) mass is 298 g/mol. The first-order valence-corrected chi connectivity index (χ1v) is 8.30. The lowest BCUT2D eigenvalue weighted by atomic mass is 10.2. The van der Waals surface area contributed by atoms with E-state index in [-0.39, 0.29) is 5.60 Å². The van der Waals surface area contributed by atoms with Gasteiger partial charge in [0, 0.05) is 23.9 Å². The number of anilines is 1. The van der Waals surface area contributed by atoms with Gasteiger partial charge in [-0.3, -0.25) is 0 Å². The predicted molar refractivity (Wildman–Crippen MR) is 86.1 cm³/mol. The minimum atomic E-state index is 0.0629. The number of thioether (sulfide) groups is 1. The molecule has 2 heterocycles. The number of fused-ring (bicyclic) bond motifs is 1. The molecule has 2 aromatic rings. The van der Waals surface area contributed by atoms with E-state index in [1.165, 1.54) is 10.5 Å². The third-order valence-electron chi connectivity index (χ3n) is 4.11. The molecule has 0 amide bonds. The van der Waals surface area contributed by atoms with Crippen LogP contribution in [0.3, 0.4) is 0 Å². The van der Waals surface area contributed by atoms with Crippen LogP contribution in [0.2, 0.25) is 0 Å². The normalized spacial score (nSPS) is 18.2. The van der Waals surface area contributed by atoms with Crippen LogP contribution < -0.4 is 9.64 Å². The molecule has 1 aliphatic carbocycles. The zero-order valence-electron chi connectivity index (χ0n) is 12.1. The molecule has 1 saturated carbocycles. The number of pyridine rings is 1. The minimum absolute atomic E-state index is 0.0629. The Kier molecular flexibility index (Phi) is 3.07. The summed E-state index contributed by atoms with van der Waals surface area (Å²) in [4.78, 5) is 8.01. The lowest BCUT2D eigenvalue weighted by Gasteiger charge is -2.33. The van der Waals surface area contributed by atoms with Gasteiger partial charge < -0.3 is 9.64 Å². The van der Waals surface area contributed by atoms with E-state index in [0.717, 1.165) is 36.7 Å². The summed E-state index contributed by atoms with van der Waals surface area (Å²) in [6.45, 7) is 0.981. The summed E-state index contributed by atoms with van der Waals surface area (Å²) >= 11 is 1.82. The topological polar surface area (TPSA) is 25.4 Å². The van der Waals surface area contributed by atoms with Crippen molar-refractivity contribution in [2.45, 2.75) is 29.1 Å². The van der Waals surface area contributed by atoms with Crippen LogP contribution in [0.4, 0.5) is 5.69 Å². The van der Waals surface area contributed by atoms with Crippen molar-refractivity contribution >= 4 is 17.4 Å². The van der Waals surface area contributed by atoms with Gasteiger partial charge in [-0.25, -0.2) is 4.98 Å². The van der Waals surface area contributed by atoms with Crippen molar-refractivity contribution in [2.75, 3.05) is 18.5 Å². The van der Waals surface area contributed by atoms with Crippen LogP contribution in [-0.4, -0.2) is 24.2 Å². The zero-order chi connectivity index (χ0) is 14.3. The van der Waals surface area contributed by atoms with E-state index in [1.807, 2.05) is 18.0 Å². The van der Waals surface area contributed by atoms with E-state index in [1.54, 1.807) is 0 Å². The Bertz CT molecular complexity index is 655. The summed E-state index contributed by atoms with van der Waals surface area (Å²) in [5.41, 5.74) is 2.51. The van der Waals surface area contributed by atoms with E-state index < -0.39 is 0 Å². The molecule has 4 rings (SSSR count). The molecule has 0 bridgehead atoms. The molecule has 1 fully saturated rings. The smallest absolute Gasteiger partial charge is 0.238 e. The Morgan fingerprint density at radius 3 is 2.86 bits per heavy atom. The quantitative estimate of drug-likeness (QED) is 0.806. The van der Waals surface area contributed by atoms with Gasteiger partial charge in [0.2, 0.25) is 5.88 Å². The van der Waals surface area contributed by atoms with Crippen LogP contribution in [0.1, 0.15) is 18.4 Å². The van der Waals surface area contributed by atoms with E-state index in [4.69, 9.17) is 4.74 Å². The third-order valence-corrected chi connectivity index (χ3v) is 5.15. The Morgan fingerprint density at radius 1 is 1.29 bits per heavy atom. The van der Waals surface area contributed by atoms with Crippen molar-refractivity contribution in [2.24, 2.45) is 0 Å². The largest absolute Gasteiger partial charge is 0.468 e. The average molecular weight is 298 g/mol. The Labute approximate surface area is 129 Å². The van der Waals surface area contributed by atoms with Gasteiger partial charge in [-0.1, -0.05) is 30.3 Å². The molecule has 21 heavy (non-hydrogen) atoms. The molecule has 3 nitrogen and oxygen atoms in total. The molecule has 4 heteroatoms. The molecule has 1 aromatic carbocycles. The molecule has 1 spiro atoms. The summed E-state index contributed by atoms with van der Waals surface area (Å²) < 4.78 is 6.06. The van der Waals surface area contributed by atoms with Crippen molar-refractivity contribution in [1.29, 1.82) is 0 Å². The van der Waals surface area contributed by atoms with Gasteiger partial charge >= 0.3 is 0 Å². The zero-order valence-corrected chi connectivity index (χ0v) is 12.9. The molecule has 0 atom stereocenters. The first-order chi connectivity index (χ1) is 10.2. The Balaban J connectivity index is 1.51. The number of benzene rings is 1. The van der Waals surface area contributed by atoms with Crippen molar-refractivity contribution in [1.82, 2.24) is 4.98 Å². The van der Waals surface area contributed by atoms with Crippen molar-refractivity contribution in [3.05, 3.63) is 48.2 Å². The maximum Gasteiger partial charge on any atom is 0.238 e. The first-order valence-electron chi connectivity index (χ1n) is 7.31. The van der Waals surface area contributed by atoms with E-state index in [9.17, 15) is 0 Å². The predicted octanol–water partition coefficient (Wildman–Crippen LogP) is 3.74. The second-order valence-corrected chi connectivity index (χ2v) is 6.96. The number of hydrogen-bond acceptors (Lipinski definition) is 4. The van der Waals surface area contributed by atoms with Crippen LogP contribution in [-0.2, 0) is 5.75 Å². The highest BCUT2D eigenvalue weighted by Gasteiger charge is 2.49. The maximum absolute atomic E-state index is 6.06. The van der Waals surface area contributed by atoms with E-state index in [0.29, 0.717) is 0 Å². The van der Waals surface area contributed by atoms with E-state index in [2.05, 4.69) is 53.3 Å². The maximum atomic E-state index is 6.06. The standard InChI is InChI=1S/C17H18N2OS/c1-19-12-17(7-8-17)20-16-15(19)9-14(10-18-16)21-11-13-5-3-2-4-6-13/h2-6,9-10H,7-8,11-12H2,1H3. The molecular weight excluding hydrogens is 280 g/mol. The molecular formula is C17H18N2OS. The summed E-state index contributed by atoms with van der Waals surface area (Å²) in [6.07, 6.45) is 4.24. The summed E-state index contributed by atoms with van der Waals surface area (Å²) in [5, 5.41) is 0. The van der Waals surface area contributed by atoms with Crippen LogP contribution in [0.15, 0.2) is 47.5 Å². The molecule has 1 aromatic heterocycles. The first kappa shape index (κ1) is 13.0. The van der Waals surface area contributed by atoms with Crippen LogP contribution >= 0.6 is 11.8 Å². The highest BCUT2D eigenvalue weighted by molar-refractivity contribution is 7.98. The summed E-state index contributed by atoms with van der Waals surface area (Å²) in [5.74, 6) is 1.76. The molecule has 0 radical (unpaired) electrons. The molecule has 1 aliphatic heterocycles. The second kappa shape index (κ2) is 4.95. The van der Waals surface area contributed by atoms with Crippen molar-refractivity contribution < 1.29 is 4.74 Å².